The Balaban J connectivity index is 3.62. The maximum atomic E-state index is 11.2. The van der Waals surface area contributed by atoms with Crippen molar-refractivity contribution in [1.82, 2.24) is 0 Å². The maximum absolute atomic E-state index is 11.2. The molecule has 0 aromatic carbocycles. The van der Waals surface area contributed by atoms with E-state index in [1.807, 2.05) is 0 Å². The van der Waals surface area contributed by atoms with Gasteiger partial charge in [-0.2, -0.15) is 0 Å². The first-order valence-electron chi connectivity index (χ1n) is 4.72. The van der Waals surface area contributed by atoms with Gasteiger partial charge in [0.1, 0.15) is 19.5 Å². The maximum Gasteiger partial charge on any atom is 0.334 e. The smallest absolute Gasteiger partial charge is 0.334 e. The SMILES string of the molecule is CC(C)(C)C(=O)OCOC(=O)COCC=O. The second kappa shape index (κ2) is 6.95. The zero-order valence-electron chi connectivity index (χ0n) is 9.65. The van der Waals surface area contributed by atoms with Gasteiger partial charge in [-0.3, -0.25) is 4.79 Å². The molecule has 0 bridgehead atoms. The fourth-order valence-corrected chi connectivity index (χ4v) is 0.597. The van der Waals surface area contributed by atoms with Crippen molar-refractivity contribution in [3.05, 3.63) is 0 Å². The van der Waals surface area contributed by atoms with Crippen molar-refractivity contribution in [2.45, 2.75) is 20.8 Å². The summed E-state index contributed by atoms with van der Waals surface area (Å²) in [5.74, 6) is -1.15. The Bertz CT molecular complexity index is 253. The molecule has 0 aliphatic heterocycles. The Hall–Kier alpha value is -1.43. The van der Waals surface area contributed by atoms with Crippen molar-refractivity contribution in [2.75, 3.05) is 20.0 Å². The third-order valence-electron chi connectivity index (χ3n) is 1.43. The first kappa shape index (κ1) is 14.6. The minimum Gasteiger partial charge on any atom is -0.427 e. The van der Waals surface area contributed by atoms with Gasteiger partial charge in [0, 0.05) is 0 Å². The van der Waals surface area contributed by atoms with E-state index in [4.69, 9.17) is 0 Å². The van der Waals surface area contributed by atoms with Crippen LogP contribution < -0.4 is 0 Å². The van der Waals surface area contributed by atoms with E-state index in [0.29, 0.717) is 6.29 Å². The number of hydrogen-bond acceptors (Lipinski definition) is 6. The predicted octanol–water partition coefficient (Wildman–Crippen LogP) is 0.292. The average molecular weight is 232 g/mol. The monoisotopic (exact) mass is 232 g/mol. The van der Waals surface area contributed by atoms with Crippen LogP contribution in [0.5, 0.6) is 0 Å². The molecule has 0 heterocycles. The summed E-state index contributed by atoms with van der Waals surface area (Å²) in [6.45, 7) is 4.10. The van der Waals surface area contributed by atoms with E-state index in [-0.39, 0.29) is 13.2 Å². The fraction of sp³-hybridized carbons (Fsp3) is 0.700. The Labute approximate surface area is 93.8 Å². The Morgan fingerprint density at radius 3 is 2.31 bits per heavy atom. The first-order chi connectivity index (χ1) is 7.38. The van der Waals surface area contributed by atoms with E-state index < -0.39 is 24.1 Å². The lowest BCUT2D eigenvalue weighted by atomic mass is 9.98. The highest BCUT2D eigenvalue weighted by atomic mass is 16.7. The highest BCUT2D eigenvalue weighted by Gasteiger charge is 2.23. The van der Waals surface area contributed by atoms with Crippen molar-refractivity contribution in [3.8, 4) is 0 Å². The first-order valence-corrected chi connectivity index (χ1v) is 4.72. The molecular weight excluding hydrogens is 216 g/mol. The second-order valence-electron chi connectivity index (χ2n) is 4.00. The molecule has 0 saturated heterocycles. The molecule has 0 aromatic heterocycles. The third kappa shape index (κ3) is 6.94. The largest absolute Gasteiger partial charge is 0.427 e. The summed E-state index contributed by atoms with van der Waals surface area (Å²) in [5, 5.41) is 0. The molecule has 0 unspecified atom stereocenters. The lowest BCUT2D eigenvalue weighted by Crippen LogP contribution is -2.25. The summed E-state index contributed by atoms with van der Waals surface area (Å²) < 4.78 is 13.8. The van der Waals surface area contributed by atoms with Crippen LogP contribution >= 0.6 is 0 Å². The van der Waals surface area contributed by atoms with E-state index >= 15 is 0 Å². The quantitative estimate of drug-likeness (QED) is 0.283. The number of carbonyl (C=O) groups is 3. The molecule has 0 aliphatic rings. The Morgan fingerprint density at radius 1 is 1.19 bits per heavy atom. The molecule has 0 aromatic rings. The van der Waals surface area contributed by atoms with E-state index in [0.717, 1.165) is 0 Å². The van der Waals surface area contributed by atoms with Gasteiger partial charge in [-0.25, -0.2) is 4.79 Å². The molecule has 0 radical (unpaired) electrons. The Morgan fingerprint density at radius 2 is 1.81 bits per heavy atom. The number of carbonyl (C=O) groups excluding carboxylic acids is 3. The van der Waals surface area contributed by atoms with Crippen LogP contribution in [0.1, 0.15) is 20.8 Å². The number of esters is 2. The molecular formula is C10H16O6. The summed E-state index contributed by atoms with van der Waals surface area (Å²) in [7, 11) is 0. The van der Waals surface area contributed by atoms with E-state index in [2.05, 4.69) is 14.2 Å². The molecule has 0 amide bonds. The van der Waals surface area contributed by atoms with Gasteiger partial charge in [0.15, 0.2) is 0 Å². The highest BCUT2D eigenvalue weighted by Crippen LogP contribution is 2.14. The van der Waals surface area contributed by atoms with Gasteiger partial charge in [-0.1, -0.05) is 0 Å². The van der Waals surface area contributed by atoms with Crippen molar-refractivity contribution in [1.29, 1.82) is 0 Å². The minimum absolute atomic E-state index is 0.170. The van der Waals surface area contributed by atoms with Crippen molar-refractivity contribution in [3.63, 3.8) is 0 Å². The van der Waals surface area contributed by atoms with Gasteiger partial charge < -0.3 is 19.0 Å². The van der Waals surface area contributed by atoms with Crippen molar-refractivity contribution in [2.24, 2.45) is 5.41 Å². The molecule has 0 aliphatic carbocycles. The van der Waals surface area contributed by atoms with Gasteiger partial charge in [0.25, 0.3) is 0 Å². The minimum atomic E-state index is -0.691. The molecule has 92 valence electrons. The van der Waals surface area contributed by atoms with E-state index in [9.17, 15) is 14.4 Å². The van der Waals surface area contributed by atoms with Gasteiger partial charge in [-0.15, -0.1) is 0 Å². The normalized spacial score (nSPS) is 10.7. The zero-order valence-corrected chi connectivity index (χ0v) is 9.65. The molecule has 0 spiro atoms. The average Bonchev–Trinajstić information content (AvgIpc) is 2.16. The van der Waals surface area contributed by atoms with Gasteiger partial charge >= 0.3 is 11.9 Å². The molecule has 6 heteroatoms. The predicted molar refractivity (Wildman–Crippen MR) is 53.4 cm³/mol. The summed E-state index contributed by atoms with van der Waals surface area (Å²) in [6.07, 6.45) is 0.521. The number of aldehydes is 1. The summed E-state index contributed by atoms with van der Waals surface area (Å²) >= 11 is 0. The van der Waals surface area contributed by atoms with Gasteiger partial charge in [-0.05, 0) is 20.8 Å². The topological polar surface area (TPSA) is 78.9 Å². The molecule has 16 heavy (non-hydrogen) atoms. The second-order valence-corrected chi connectivity index (χ2v) is 4.00. The number of ether oxygens (including phenoxy) is 3. The summed E-state index contributed by atoms with van der Waals surface area (Å²) in [6, 6.07) is 0. The van der Waals surface area contributed by atoms with Crippen LogP contribution in [0.3, 0.4) is 0 Å². The van der Waals surface area contributed by atoms with Gasteiger partial charge in [0.05, 0.1) is 5.41 Å². The molecule has 6 nitrogen and oxygen atoms in total. The van der Waals surface area contributed by atoms with Crippen LogP contribution in [0.15, 0.2) is 0 Å². The van der Waals surface area contributed by atoms with Crippen LogP contribution in [-0.2, 0) is 28.6 Å². The summed E-state index contributed by atoms with van der Waals surface area (Å²) in [4.78, 5) is 32.0. The van der Waals surface area contributed by atoms with Crippen LogP contribution in [-0.4, -0.2) is 38.2 Å². The van der Waals surface area contributed by atoms with E-state index in [1.54, 1.807) is 20.8 Å². The number of rotatable bonds is 6. The highest BCUT2D eigenvalue weighted by molar-refractivity contribution is 5.75. The standard InChI is InChI=1S/C10H16O6/c1-10(2,3)9(13)16-7-15-8(12)6-14-5-4-11/h4H,5-7H2,1-3H3. The van der Waals surface area contributed by atoms with Crippen LogP contribution in [0.2, 0.25) is 0 Å². The lowest BCUT2D eigenvalue weighted by molar-refractivity contribution is -0.175. The van der Waals surface area contributed by atoms with Gasteiger partial charge in [0.2, 0.25) is 6.79 Å². The van der Waals surface area contributed by atoms with E-state index in [1.165, 1.54) is 0 Å². The Kier molecular flexibility index (Phi) is 6.32. The van der Waals surface area contributed by atoms with Crippen LogP contribution in [0.4, 0.5) is 0 Å². The molecule has 0 rings (SSSR count). The molecule has 0 saturated carbocycles. The molecule has 0 atom stereocenters. The van der Waals surface area contributed by atoms with Crippen LogP contribution in [0.25, 0.3) is 0 Å². The third-order valence-corrected chi connectivity index (χ3v) is 1.43. The van der Waals surface area contributed by atoms with Crippen LogP contribution in [0, 0.1) is 5.41 Å². The lowest BCUT2D eigenvalue weighted by Gasteiger charge is -2.16. The number of hydrogen-bond donors (Lipinski definition) is 0. The van der Waals surface area contributed by atoms with Crippen molar-refractivity contribution >= 4 is 18.2 Å². The molecule has 0 fully saturated rings. The van der Waals surface area contributed by atoms with Crippen molar-refractivity contribution < 1.29 is 28.6 Å². The zero-order chi connectivity index (χ0) is 12.6. The summed E-state index contributed by atoms with van der Waals surface area (Å²) in [5.41, 5.74) is -0.638. The molecule has 0 N–H and O–H groups in total. The fourth-order valence-electron chi connectivity index (χ4n) is 0.597.